The molecule has 0 radical (unpaired) electrons. The molecule has 6 heteroatoms. The Morgan fingerprint density at radius 3 is 2.73 bits per heavy atom. The van der Waals surface area contributed by atoms with Crippen molar-refractivity contribution < 1.29 is 18.7 Å². The second kappa shape index (κ2) is 6.11. The molecule has 1 aliphatic rings. The Bertz CT molecular complexity index is 706. The van der Waals surface area contributed by atoms with Gasteiger partial charge in [-0.2, -0.15) is 0 Å². The molecular weight excluding hydrogens is 287 g/mol. The van der Waals surface area contributed by atoms with E-state index < -0.39 is 5.97 Å². The lowest BCUT2D eigenvalue weighted by Gasteiger charge is -2.25. The SMILES string of the molecule is O=C(O)c1coc(CN2CC=C(c3ccc(F)cc3)CC2)n1. The Morgan fingerprint density at radius 2 is 2.14 bits per heavy atom. The van der Waals surface area contributed by atoms with Crippen LogP contribution in [0.25, 0.3) is 5.57 Å². The van der Waals surface area contributed by atoms with Crippen molar-refractivity contribution in [2.24, 2.45) is 0 Å². The van der Waals surface area contributed by atoms with Gasteiger partial charge in [0.15, 0.2) is 5.69 Å². The molecule has 2 aromatic rings. The van der Waals surface area contributed by atoms with Crippen molar-refractivity contribution in [3.8, 4) is 0 Å². The number of rotatable bonds is 4. The number of halogens is 1. The summed E-state index contributed by atoms with van der Waals surface area (Å²) in [5.41, 5.74) is 2.15. The molecule has 0 amide bonds. The number of nitrogens with zero attached hydrogens (tertiary/aromatic N) is 2. The number of benzene rings is 1. The number of carboxylic acid groups (broad SMARTS) is 1. The Hall–Kier alpha value is -2.47. The summed E-state index contributed by atoms with van der Waals surface area (Å²) in [5, 5.41) is 8.81. The topological polar surface area (TPSA) is 66.6 Å². The Kier molecular flexibility index (Phi) is 4.02. The van der Waals surface area contributed by atoms with Crippen LogP contribution in [0.15, 0.2) is 41.0 Å². The third-order valence-corrected chi connectivity index (χ3v) is 3.64. The van der Waals surface area contributed by atoms with E-state index >= 15 is 0 Å². The van der Waals surface area contributed by atoms with Crippen LogP contribution in [0.3, 0.4) is 0 Å². The first kappa shape index (κ1) is 14.5. The molecule has 0 fully saturated rings. The van der Waals surface area contributed by atoms with E-state index in [1.54, 1.807) is 12.1 Å². The fourth-order valence-corrected chi connectivity index (χ4v) is 2.45. The third kappa shape index (κ3) is 3.23. The standard InChI is InChI=1S/C16H15FN2O3/c17-13-3-1-11(2-4-13)12-5-7-19(8-6-12)9-15-18-14(10-22-15)16(20)21/h1-5,10H,6-9H2,(H,20,21). The van der Waals surface area contributed by atoms with Gasteiger partial charge in [0, 0.05) is 13.1 Å². The average molecular weight is 302 g/mol. The summed E-state index contributed by atoms with van der Waals surface area (Å²) in [6.45, 7) is 2.01. The van der Waals surface area contributed by atoms with Crippen LogP contribution in [0.4, 0.5) is 4.39 Å². The lowest BCUT2D eigenvalue weighted by Crippen LogP contribution is -2.28. The van der Waals surface area contributed by atoms with Crippen LogP contribution >= 0.6 is 0 Å². The number of carboxylic acids is 1. The van der Waals surface area contributed by atoms with Gasteiger partial charge in [-0.1, -0.05) is 18.2 Å². The third-order valence-electron chi connectivity index (χ3n) is 3.64. The number of hydrogen-bond donors (Lipinski definition) is 1. The summed E-state index contributed by atoms with van der Waals surface area (Å²) in [7, 11) is 0. The molecular formula is C16H15FN2O3. The van der Waals surface area contributed by atoms with Gasteiger partial charge in [-0.15, -0.1) is 0 Å². The molecule has 0 spiro atoms. The first-order valence-corrected chi connectivity index (χ1v) is 6.97. The first-order valence-electron chi connectivity index (χ1n) is 6.97. The minimum Gasteiger partial charge on any atom is -0.476 e. The van der Waals surface area contributed by atoms with Gasteiger partial charge in [-0.05, 0) is 29.7 Å². The zero-order valence-corrected chi connectivity index (χ0v) is 11.8. The van der Waals surface area contributed by atoms with Crippen LogP contribution in [0.2, 0.25) is 0 Å². The lowest BCUT2D eigenvalue weighted by atomic mass is 9.99. The average Bonchev–Trinajstić information content (AvgIpc) is 2.98. The van der Waals surface area contributed by atoms with E-state index in [2.05, 4.69) is 16.0 Å². The van der Waals surface area contributed by atoms with Crippen molar-refractivity contribution in [3.05, 3.63) is 59.6 Å². The molecule has 0 atom stereocenters. The summed E-state index contributed by atoms with van der Waals surface area (Å²) in [6.07, 6.45) is 4.09. The van der Waals surface area contributed by atoms with Crippen molar-refractivity contribution in [2.45, 2.75) is 13.0 Å². The fourth-order valence-electron chi connectivity index (χ4n) is 2.45. The molecule has 1 aliphatic heterocycles. The van der Waals surface area contributed by atoms with Crippen LogP contribution in [-0.4, -0.2) is 34.0 Å². The molecule has 0 saturated heterocycles. The molecule has 2 heterocycles. The van der Waals surface area contributed by atoms with Crippen LogP contribution < -0.4 is 0 Å². The number of oxazole rings is 1. The highest BCUT2D eigenvalue weighted by atomic mass is 19.1. The second-order valence-corrected chi connectivity index (χ2v) is 5.15. The van der Waals surface area contributed by atoms with Crippen molar-refractivity contribution in [1.82, 2.24) is 9.88 Å². The van der Waals surface area contributed by atoms with E-state index in [4.69, 9.17) is 9.52 Å². The highest BCUT2D eigenvalue weighted by Gasteiger charge is 2.17. The van der Waals surface area contributed by atoms with Gasteiger partial charge in [0.1, 0.15) is 12.1 Å². The van der Waals surface area contributed by atoms with Gasteiger partial charge >= 0.3 is 5.97 Å². The van der Waals surface area contributed by atoms with E-state index in [0.717, 1.165) is 31.3 Å². The molecule has 1 N–H and O–H groups in total. The smallest absolute Gasteiger partial charge is 0.357 e. The van der Waals surface area contributed by atoms with Crippen molar-refractivity contribution in [3.63, 3.8) is 0 Å². The summed E-state index contributed by atoms with van der Waals surface area (Å²) in [4.78, 5) is 16.8. The number of carbonyl (C=O) groups is 1. The maximum atomic E-state index is 12.9. The van der Waals surface area contributed by atoms with Crippen LogP contribution in [0.5, 0.6) is 0 Å². The zero-order chi connectivity index (χ0) is 15.5. The zero-order valence-electron chi connectivity index (χ0n) is 11.8. The van der Waals surface area contributed by atoms with Gasteiger partial charge in [-0.3, -0.25) is 4.90 Å². The summed E-state index contributed by atoms with van der Waals surface area (Å²) < 4.78 is 18.1. The van der Waals surface area contributed by atoms with E-state index in [0.29, 0.717) is 12.4 Å². The highest BCUT2D eigenvalue weighted by Crippen LogP contribution is 2.23. The molecule has 0 bridgehead atoms. The summed E-state index contributed by atoms with van der Waals surface area (Å²) in [5.74, 6) is -0.928. The van der Waals surface area contributed by atoms with Crippen LogP contribution in [-0.2, 0) is 6.54 Å². The number of hydrogen-bond acceptors (Lipinski definition) is 4. The predicted octanol–water partition coefficient (Wildman–Crippen LogP) is 2.80. The van der Waals surface area contributed by atoms with Crippen molar-refractivity contribution in [1.29, 1.82) is 0 Å². The molecule has 0 saturated carbocycles. The van der Waals surface area contributed by atoms with E-state index in [1.807, 2.05) is 0 Å². The van der Waals surface area contributed by atoms with Crippen LogP contribution in [0.1, 0.15) is 28.4 Å². The van der Waals surface area contributed by atoms with E-state index in [9.17, 15) is 9.18 Å². The lowest BCUT2D eigenvalue weighted by molar-refractivity contribution is 0.0690. The molecule has 114 valence electrons. The number of aromatic carboxylic acids is 1. The summed E-state index contributed by atoms with van der Waals surface area (Å²) >= 11 is 0. The molecule has 0 aliphatic carbocycles. The molecule has 5 nitrogen and oxygen atoms in total. The van der Waals surface area contributed by atoms with E-state index in [1.165, 1.54) is 17.7 Å². The predicted molar refractivity (Wildman–Crippen MR) is 77.7 cm³/mol. The van der Waals surface area contributed by atoms with Crippen LogP contribution in [0, 0.1) is 5.82 Å². The van der Waals surface area contributed by atoms with Crippen molar-refractivity contribution >= 4 is 11.5 Å². The van der Waals surface area contributed by atoms with Gasteiger partial charge < -0.3 is 9.52 Å². The van der Waals surface area contributed by atoms with Gasteiger partial charge in [0.05, 0.1) is 6.54 Å². The van der Waals surface area contributed by atoms with Gasteiger partial charge in [-0.25, -0.2) is 14.2 Å². The van der Waals surface area contributed by atoms with E-state index in [-0.39, 0.29) is 11.5 Å². The fraction of sp³-hybridized carbons (Fsp3) is 0.250. The Morgan fingerprint density at radius 1 is 1.36 bits per heavy atom. The minimum atomic E-state index is -1.09. The molecule has 1 aromatic heterocycles. The first-order chi connectivity index (χ1) is 10.6. The Labute approximate surface area is 126 Å². The largest absolute Gasteiger partial charge is 0.476 e. The van der Waals surface area contributed by atoms with Crippen molar-refractivity contribution in [2.75, 3.05) is 13.1 Å². The van der Waals surface area contributed by atoms with Gasteiger partial charge in [0.2, 0.25) is 5.89 Å². The maximum absolute atomic E-state index is 12.9. The van der Waals surface area contributed by atoms with Gasteiger partial charge in [0.25, 0.3) is 0 Å². The number of aromatic nitrogens is 1. The Balaban J connectivity index is 1.62. The molecule has 0 unspecified atom stereocenters. The normalized spacial score (nSPS) is 15.6. The molecule has 22 heavy (non-hydrogen) atoms. The summed E-state index contributed by atoms with van der Waals surface area (Å²) in [6, 6.07) is 6.49. The highest BCUT2D eigenvalue weighted by molar-refractivity contribution is 5.84. The quantitative estimate of drug-likeness (QED) is 0.940. The maximum Gasteiger partial charge on any atom is 0.357 e. The minimum absolute atomic E-state index is 0.0745. The molecule has 3 rings (SSSR count). The molecule has 1 aromatic carbocycles. The second-order valence-electron chi connectivity index (χ2n) is 5.15. The monoisotopic (exact) mass is 302 g/mol.